The molecular weight excluding hydrogens is 432 g/mol. The molecule has 0 aliphatic carbocycles. The van der Waals surface area contributed by atoms with Crippen molar-refractivity contribution in [2.45, 2.75) is 44.6 Å². The van der Waals surface area contributed by atoms with Gasteiger partial charge in [0.05, 0.1) is 7.11 Å². The highest BCUT2D eigenvalue weighted by molar-refractivity contribution is 5.79. The monoisotopic (exact) mass is 466 g/mol. The molecule has 34 heavy (non-hydrogen) atoms. The highest BCUT2D eigenvalue weighted by Gasteiger charge is 2.33. The number of hydrogen-bond acceptors (Lipinski definition) is 6. The van der Waals surface area contributed by atoms with Crippen LogP contribution in [0.5, 0.6) is 5.75 Å². The molecule has 2 aromatic rings. The molecule has 0 bridgehead atoms. The van der Waals surface area contributed by atoms with Gasteiger partial charge in [-0.1, -0.05) is 18.2 Å². The summed E-state index contributed by atoms with van der Waals surface area (Å²) in [6.45, 7) is 2.73. The summed E-state index contributed by atoms with van der Waals surface area (Å²) in [5.41, 5.74) is 3.03. The fourth-order valence-corrected chi connectivity index (χ4v) is 4.87. The number of piperidine rings is 1. The van der Waals surface area contributed by atoms with Crippen LogP contribution in [0.4, 0.5) is 5.82 Å². The minimum Gasteiger partial charge on any atom is -0.497 e. The Balaban J connectivity index is 1.22. The Kier molecular flexibility index (Phi) is 8.00. The van der Waals surface area contributed by atoms with Crippen LogP contribution in [-0.2, 0) is 22.4 Å². The lowest BCUT2D eigenvalue weighted by atomic mass is 9.93. The van der Waals surface area contributed by atoms with Crippen molar-refractivity contribution in [3.8, 4) is 5.75 Å². The summed E-state index contributed by atoms with van der Waals surface area (Å²) in [6, 6.07) is 10.7. The molecule has 8 heteroatoms. The number of pyridine rings is 1. The summed E-state index contributed by atoms with van der Waals surface area (Å²) >= 11 is 0. The Hall–Kier alpha value is -3.13. The molecule has 0 radical (unpaired) electrons. The van der Waals surface area contributed by atoms with Gasteiger partial charge in [-0.25, -0.2) is 4.98 Å². The Morgan fingerprint density at radius 2 is 2.09 bits per heavy atom. The van der Waals surface area contributed by atoms with Crippen LogP contribution < -0.4 is 15.4 Å². The molecule has 1 fully saturated rings. The number of anilines is 1. The van der Waals surface area contributed by atoms with Crippen molar-refractivity contribution in [3.05, 3.63) is 53.2 Å². The zero-order valence-electron chi connectivity index (χ0n) is 19.8. The van der Waals surface area contributed by atoms with E-state index in [1.807, 2.05) is 11.0 Å². The fourth-order valence-electron chi connectivity index (χ4n) is 4.87. The maximum Gasteiger partial charge on any atom is 0.325 e. The van der Waals surface area contributed by atoms with E-state index in [1.165, 1.54) is 5.56 Å². The predicted molar refractivity (Wildman–Crippen MR) is 130 cm³/mol. The molecule has 182 valence electrons. The summed E-state index contributed by atoms with van der Waals surface area (Å²) in [6.07, 6.45) is 5.20. The molecule has 1 aromatic heterocycles. The fraction of sp³-hybridized carbons (Fsp3) is 0.500. The van der Waals surface area contributed by atoms with Gasteiger partial charge >= 0.3 is 5.97 Å². The molecule has 0 saturated carbocycles. The van der Waals surface area contributed by atoms with Crippen LogP contribution in [0.15, 0.2) is 36.4 Å². The number of carbonyl (C=O) groups is 2. The Morgan fingerprint density at radius 1 is 1.26 bits per heavy atom. The number of fused-ring (bicyclic) bond motifs is 1. The first-order chi connectivity index (χ1) is 16.5. The van der Waals surface area contributed by atoms with E-state index in [0.717, 1.165) is 43.7 Å². The number of likely N-dealkylation sites (tertiary alicyclic amines) is 1. The van der Waals surface area contributed by atoms with E-state index in [2.05, 4.69) is 22.8 Å². The van der Waals surface area contributed by atoms with Crippen molar-refractivity contribution in [1.82, 2.24) is 15.2 Å². The van der Waals surface area contributed by atoms with Gasteiger partial charge in [0.25, 0.3) is 0 Å². The number of carbonyl (C=O) groups excluding carboxylic acids is 1. The number of carboxylic acid groups (broad SMARTS) is 1. The number of amides is 1. The van der Waals surface area contributed by atoms with E-state index in [0.29, 0.717) is 43.8 Å². The SMILES string of the molecule is COc1cccc(C(C(=O)O)N2CCC(C(=O)NCCCc3ccc4c(n3)NCCC4)CC2)c1. The standard InChI is InChI=1S/C26H34N4O4/c1-34-22-8-2-5-20(17-22)23(26(32)33)30-15-11-19(12-16-30)25(31)28-14-4-7-21-10-9-18-6-3-13-27-24(18)29-21/h2,5,8-10,17,19,23H,3-4,6-7,11-16H2,1H3,(H,27,29)(H,28,31)(H,32,33). The number of nitrogens with one attached hydrogen (secondary N) is 2. The number of benzene rings is 1. The third kappa shape index (κ3) is 5.86. The third-order valence-electron chi connectivity index (χ3n) is 6.77. The average Bonchev–Trinajstić information content (AvgIpc) is 2.87. The van der Waals surface area contributed by atoms with Crippen molar-refractivity contribution in [2.75, 3.05) is 38.6 Å². The van der Waals surface area contributed by atoms with Crippen molar-refractivity contribution < 1.29 is 19.4 Å². The van der Waals surface area contributed by atoms with Gasteiger partial charge in [0.15, 0.2) is 0 Å². The maximum atomic E-state index is 12.7. The lowest BCUT2D eigenvalue weighted by Crippen LogP contribution is -2.44. The number of rotatable bonds is 9. The number of carboxylic acids is 1. The minimum atomic E-state index is -0.887. The number of aromatic nitrogens is 1. The van der Waals surface area contributed by atoms with E-state index >= 15 is 0 Å². The number of nitrogens with zero attached hydrogens (tertiary/aromatic N) is 2. The molecule has 1 atom stereocenters. The second kappa shape index (κ2) is 11.3. The Bertz CT molecular complexity index is 1000. The molecule has 8 nitrogen and oxygen atoms in total. The largest absolute Gasteiger partial charge is 0.497 e. The zero-order valence-corrected chi connectivity index (χ0v) is 19.8. The van der Waals surface area contributed by atoms with Crippen LogP contribution in [0.2, 0.25) is 0 Å². The topological polar surface area (TPSA) is 104 Å². The summed E-state index contributed by atoms with van der Waals surface area (Å²) in [5.74, 6) is 0.741. The Morgan fingerprint density at radius 3 is 2.85 bits per heavy atom. The van der Waals surface area contributed by atoms with Crippen molar-refractivity contribution in [1.29, 1.82) is 0 Å². The molecule has 4 rings (SSSR count). The average molecular weight is 467 g/mol. The second-order valence-corrected chi connectivity index (χ2v) is 9.06. The first-order valence-electron chi connectivity index (χ1n) is 12.2. The van der Waals surface area contributed by atoms with Gasteiger partial charge in [-0.3, -0.25) is 14.5 Å². The number of aliphatic carboxylic acids is 1. The second-order valence-electron chi connectivity index (χ2n) is 9.06. The maximum absolute atomic E-state index is 12.7. The molecule has 2 aliphatic heterocycles. The first-order valence-corrected chi connectivity index (χ1v) is 12.2. The molecule has 3 N–H and O–H groups in total. The minimum absolute atomic E-state index is 0.0629. The Labute approximate surface area is 200 Å². The first kappa shape index (κ1) is 24.0. The van der Waals surface area contributed by atoms with E-state index in [1.54, 1.807) is 25.3 Å². The van der Waals surface area contributed by atoms with Gasteiger partial charge in [0.2, 0.25) is 5.91 Å². The van der Waals surface area contributed by atoms with Gasteiger partial charge in [-0.15, -0.1) is 0 Å². The van der Waals surface area contributed by atoms with Crippen LogP contribution in [0.3, 0.4) is 0 Å². The molecular formula is C26H34N4O4. The van der Waals surface area contributed by atoms with E-state index in [9.17, 15) is 14.7 Å². The van der Waals surface area contributed by atoms with Crippen LogP contribution >= 0.6 is 0 Å². The molecule has 1 aromatic carbocycles. The predicted octanol–water partition coefficient (Wildman–Crippen LogP) is 3.04. The van der Waals surface area contributed by atoms with Gasteiger partial charge in [-0.2, -0.15) is 0 Å². The van der Waals surface area contributed by atoms with Gasteiger partial charge < -0.3 is 20.5 Å². The van der Waals surface area contributed by atoms with Crippen LogP contribution in [0, 0.1) is 5.92 Å². The van der Waals surface area contributed by atoms with Gasteiger partial charge in [0, 0.05) is 37.8 Å². The number of aryl methyl sites for hydroxylation is 2. The molecule has 1 amide bonds. The molecule has 0 spiro atoms. The molecule has 1 unspecified atom stereocenters. The molecule has 2 aliphatic rings. The molecule has 3 heterocycles. The summed E-state index contributed by atoms with van der Waals surface area (Å²) < 4.78 is 5.25. The lowest BCUT2D eigenvalue weighted by molar-refractivity contribution is -0.144. The summed E-state index contributed by atoms with van der Waals surface area (Å²) in [7, 11) is 1.57. The number of methoxy groups -OCH3 is 1. The van der Waals surface area contributed by atoms with Crippen LogP contribution in [-0.4, -0.2) is 60.2 Å². The van der Waals surface area contributed by atoms with Crippen LogP contribution in [0.1, 0.15) is 48.5 Å². The lowest BCUT2D eigenvalue weighted by Gasteiger charge is -2.35. The van der Waals surface area contributed by atoms with Gasteiger partial charge in [-0.05, 0) is 67.9 Å². The van der Waals surface area contributed by atoms with E-state index in [-0.39, 0.29) is 11.8 Å². The van der Waals surface area contributed by atoms with Crippen molar-refractivity contribution in [3.63, 3.8) is 0 Å². The number of ether oxygens (including phenoxy) is 1. The van der Waals surface area contributed by atoms with Crippen LogP contribution in [0.25, 0.3) is 0 Å². The normalized spacial score (nSPS) is 17.3. The van der Waals surface area contributed by atoms with Gasteiger partial charge in [0.1, 0.15) is 17.6 Å². The molecule has 1 saturated heterocycles. The smallest absolute Gasteiger partial charge is 0.325 e. The van der Waals surface area contributed by atoms with Crippen molar-refractivity contribution >= 4 is 17.7 Å². The van der Waals surface area contributed by atoms with Crippen molar-refractivity contribution in [2.24, 2.45) is 5.92 Å². The number of hydrogen-bond donors (Lipinski definition) is 3. The third-order valence-corrected chi connectivity index (χ3v) is 6.77. The zero-order chi connectivity index (χ0) is 23.9. The quantitative estimate of drug-likeness (QED) is 0.488. The van der Waals surface area contributed by atoms with E-state index < -0.39 is 12.0 Å². The summed E-state index contributed by atoms with van der Waals surface area (Å²) in [5, 5.41) is 16.3. The summed E-state index contributed by atoms with van der Waals surface area (Å²) in [4.78, 5) is 31.3. The highest BCUT2D eigenvalue weighted by Crippen LogP contribution is 2.29. The van der Waals surface area contributed by atoms with E-state index in [4.69, 9.17) is 9.72 Å². The highest BCUT2D eigenvalue weighted by atomic mass is 16.5.